The number of halogens is 2. The van der Waals surface area contributed by atoms with Crippen LogP contribution in [0.1, 0.15) is 17.2 Å². The van der Waals surface area contributed by atoms with Gasteiger partial charge in [-0.05, 0) is 53.9 Å². The molecule has 30 heavy (non-hydrogen) atoms. The molecule has 0 fully saturated rings. The number of carbonyl (C=O) groups excluding carboxylic acids is 1. The first kappa shape index (κ1) is 22.3. The minimum Gasteiger partial charge on any atom is -0.368 e. The summed E-state index contributed by atoms with van der Waals surface area (Å²) in [6.07, 6.45) is 0.351. The van der Waals surface area contributed by atoms with E-state index in [2.05, 4.69) is 0 Å². The van der Waals surface area contributed by atoms with Crippen LogP contribution in [0, 0.1) is 0 Å². The normalized spacial score (nSPS) is 12.6. The van der Waals surface area contributed by atoms with Gasteiger partial charge in [0.05, 0.1) is 4.90 Å². The molecule has 0 heterocycles. The molecule has 3 aromatic carbocycles. The van der Waals surface area contributed by atoms with Gasteiger partial charge in [0, 0.05) is 16.6 Å². The molecule has 0 aliphatic heterocycles. The van der Waals surface area contributed by atoms with Gasteiger partial charge in [0.1, 0.15) is 6.04 Å². The second-order valence-electron chi connectivity index (χ2n) is 6.67. The third-order valence-electron chi connectivity index (χ3n) is 4.60. The highest BCUT2D eigenvalue weighted by Crippen LogP contribution is 2.29. The Balaban J connectivity index is 2.04. The largest absolute Gasteiger partial charge is 0.368 e. The van der Waals surface area contributed by atoms with Crippen molar-refractivity contribution in [1.29, 1.82) is 0 Å². The zero-order valence-electron chi connectivity index (χ0n) is 15.9. The maximum Gasteiger partial charge on any atom is 0.244 e. The highest BCUT2D eigenvalue weighted by molar-refractivity contribution is 7.89. The predicted molar refractivity (Wildman–Crippen MR) is 119 cm³/mol. The first-order valence-electron chi connectivity index (χ1n) is 9.15. The number of sulfonamides is 1. The van der Waals surface area contributed by atoms with Gasteiger partial charge >= 0.3 is 0 Å². The lowest BCUT2D eigenvalue weighted by molar-refractivity contribution is -0.121. The Morgan fingerprint density at radius 1 is 0.900 bits per heavy atom. The Labute approximate surface area is 186 Å². The molecule has 3 rings (SSSR count). The van der Waals surface area contributed by atoms with E-state index < -0.39 is 22.0 Å². The molecule has 1 atom stereocenters. The van der Waals surface area contributed by atoms with Crippen LogP contribution in [0.15, 0.2) is 83.8 Å². The molecule has 8 heteroatoms. The van der Waals surface area contributed by atoms with Gasteiger partial charge in [-0.15, -0.1) is 0 Å². The molecule has 0 aromatic heterocycles. The van der Waals surface area contributed by atoms with E-state index in [0.717, 1.165) is 9.87 Å². The number of nitrogens with two attached hydrogens (primary N) is 1. The minimum atomic E-state index is -4.05. The number of nitrogens with zero attached hydrogens (tertiary/aromatic N) is 1. The Morgan fingerprint density at radius 3 is 2.17 bits per heavy atom. The van der Waals surface area contributed by atoms with E-state index in [-0.39, 0.29) is 11.4 Å². The van der Waals surface area contributed by atoms with Gasteiger partial charge in [-0.3, -0.25) is 4.79 Å². The van der Waals surface area contributed by atoms with Crippen molar-refractivity contribution < 1.29 is 13.2 Å². The summed E-state index contributed by atoms with van der Waals surface area (Å²) in [7, 11) is -4.05. The molecule has 0 aliphatic rings. The van der Waals surface area contributed by atoms with Crippen LogP contribution in [0.25, 0.3) is 0 Å². The standard InChI is InChI=1S/C22H20Cl2N2O3S/c23-18-9-11-20(12-10-18)30(28,29)26(14-13-16-5-4-8-19(24)15-16)21(22(25)27)17-6-2-1-3-7-17/h1-12,15,21H,13-14H2,(H2,25,27). The van der Waals surface area contributed by atoms with Gasteiger partial charge in [-0.1, -0.05) is 65.7 Å². The predicted octanol–water partition coefficient (Wildman–Crippen LogP) is 4.45. The highest BCUT2D eigenvalue weighted by Gasteiger charge is 2.35. The van der Waals surface area contributed by atoms with Crippen LogP contribution >= 0.6 is 23.2 Å². The molecule has 0 radical (unpaired) electrons. The lowest BCUT2D eigenvalue weighted by atomic mass is 10.1. The maximum absolute atomic E-state index is 13.5. The van der Waals surface area contributed by atoms with Crippen LogP contribution in [-0.4, -0.2) is 25.2 Å². The fourth-order valence-corrected chi connectivity index (χ4v) is 5.09. The number of rotatable bonds is 8. The van der Waals surface area contributed by atoms with E-state index in [1.54, 1.807) is 48.5 Å². The number of carbonyl (C=O) groups is 1. The van der Waals surface area contributed by atoms with Crippen molar-refractivity contribution in [2.24, 2.45) is 5.73 Å². The minimum absolute atomic E-state index is 0.0279. The molecule has 0 saturated heterocycles. The van der Waals surface area contributed by atoms with E-state index in [0.29, 0.717) is 22.0 Å². The van der Waals surface area contributed by atoms with Crippen LogP contribution < -0.4 is 5.73 Å². The van der Waals surface area contributed by atoms with Crippen LogP contribution in [0.5, 0.6) is 0 Å². The molecule has 0 bridgehead atoms. The van der Waals surface area contributed by atoms with Gasteiger partial charge in [0.15, 0.2) is 0 Å². The first-order chi connectivity index (χ1) is 14.3. The van der Waals surface area contributed by atoms with E-state index >= 15 is 0 Å². The van der Waals surface area contributed by atoms with Crippen molar-refractivity contribution >= 4 is 39.1 Å². The third-order valence-corrected chi connectivity index (χ3v) is 6.97. The second kappa shape index (κ2) is 9.62. The lowest BCUT2D eigenvalue weighted by Gasteiger charge is -2.29. The van der Waals surface area contributed by atoms with E-state index in [4.69, 9.17) is 28.9 Å². The molecule has 3 aromatic rings. The second-order valence-corrected chi connectivity index (χ2v) is 9.43. The zero-order chi connectivity index (χ0) is 21.7. The van der Waals surface area contributed by atoms with Gasteiger partial charge in [-0.25, -0.2) is 8.42 Å². The maximum atomic E-state index is 13.5. The molecule has 0 spiro atoms. The molecule has 1 unspecified atom stereocenters. The number of hydrogen-bond acceptors (Lipinski definition) is 3. The van der Waals surface area contributed by atoms with Crippen LogP contribution in [-0.2, 0) is 21.2 Å². The van der Waals surface area contributed by atoms with E-state index in [9.17, 15) is 13.2 Å². The third kappa shape index (κ3) is 5.21. The van der Waals surface area contributed by atoms with E-state index in [1.807, 2.05) is 6.07 Å². The summed E-state index contributed by atoms with van der Waals surface area (Å²) in [5.41, 5.74) is 7.01. The molecular weight excluding hydrogens is 443 g/mol. The summed E-state index contributed by atoms with van der Waals surface area (Å²) >= 11 is 12.0. The lowest BCUT2D eigenvalue weighted by Crippen LogP contribution is -2.42. The molecule has 5 nitrogen and oxygen atoms in total. The average Bonchev–Trinajstić information content (AvgIpc) is 2.71. The van der Waals surface area contributed by atoms with Crippen molar-refractivity contribution in [2.45, 2.75) is 17.4 Å². The van der Waals surface area contributed by atoms with E-state index in [1.165, 1.54) is 24.3 Å². The number of amides is 1. The van der Waals surface area contributed by atoms with Crippen LogP contribution in [0.4, 0.5) is 0 Å². The smallest absolute Gasteiger partial charge is 0.244 e. The Bertz CT molecular complexity index is 1120. The van der Waals surface area contributed by atoms with Crippen molar-refractivity contribution in [3.8, 4) is 0 Å². The molecule has 0 aliphatic carbocycles. The first-order valence-corrected chi connectivity index (χ1v) is 11.3. The SMILES string of the molecule is NC(=O)C(c1ccccc1)N(CCc1cccc(Cl)c1)S(=O)(=O)c1ccc(Cl)cc1. The molecule has 1 amide bonds. The quantitative estimate of drug-likeness (QED) is 0.536. The Morgan fingerprint density at radius 2 is 1.57 bits per heavy atom. The number of primary amides is 1. The summed E-state index contributed by atoms with van der Waals surface area (Å²) < 4.78 is 28.1. The monoisotopic (exact) mass is 462 g/mol. The fourth-order valence-electron chi connectivity index (χ4n) is 3.17. The summed E-state index contributed by atoms with van der Waals surface area (Å²) in [5, 5.41) is 0.961. The summed E-state index contributed by atoms with van der Waals surface area (Å²) in [6, 6.07) is 20.4. The van der Waals surface area contributed by atoms with Crippen molar-refractivity contribution in [1.82, 2.24) is 4.31 Å². The van der Waals surface area contributed by atoms with Crippen LogP contribution in [0.2, 0.25) is 10.0 Å². The van der Waals surface area contributed by atoms with Crippen LogP contribution in [0.3, 0.4) is 0 Å². The van der Waals surface area contributed by atoms with Gasteiger partial charge in [0.25, 0.3) is 0 Å². The van der Waals surface area contributed by atoms with Crippen molar-refractivity contribution in [3.63, 3.8) is 0 Å². The molecule has 2 N–H and O–H groups in total. The summed E-state index contributed by atoms with van der Waals surface area (Å²) in [5.74, 6) is -0.759. The fraction of sp³-hybridized carbons (Fsp3) is 0.136. The Hall–Kier alpha value is -2.38. The highest BCUT2D eigenvalue weighted by atomic mass is 35.5. The molecule has 156 valence electrons. The molecule has 0 saturated carbocycles. The molecular formula is C22H20Cl2N2O3S. The van der Waals surface area contributed by atoms with Crippen molar-refractivity contribution in [2.75, 3.05) is 6.54 Å². The Kier molecular flexibility index (Phi) is 7.15. The average molecular weight is 463 g/mol. The zero-order valence-corrected chi connectivity index (χ0v) is 18.2. The number of hydrogen-bond donors (Lipinski definition) is 1. The topological polar surface area (TPSA) is 80.5 Å². The van der Waals surface area contributed by atoms with Gasteiger partial charge < -0.3 is 5.73 Å². The summed E-state index contributed by atoms with van der Waals surface area (Å²) in [4.78, 5) is 12.4. The van der Waals surface area contributed by atoms with Gasteiger partial charge in [-0.2, -0.15) is 4.31 Å². The summed E-state index contributed by atoms with van der Waals surface area (Å²) in [6.45, 7) is 0.0355. The van der Waals surface area contributed by atoms with Crippen molar-refractivity contribution in [3.05, 3.63) is 100 Å². The van der Waals surface area contributed by atoms with Gasteiger partial charge in [0.2, 0.25) is 15.9 Å². The number of benzene rings is 3.